The van der Waals surface area contributed by atoms with E-state index >= 15 is 0 Å². The van der Waals surface area contributed by atoms with Gasteiger partial charge >= 0.3 is 0 Å². The van der Waals surface area contributed by atoms with Crippen molar-refractivity contribution in [3.8, 4) is 11.3 Å². The minimum absolute atomic E-state index is 0.0567. The molecule has 7 heteroatoms. The van der Waals surface area contributed by atoms with Crippen LogP contribution in [0.5, 0.6) is 0 Å². The first-order valence-corrected chi connectivity index (χ1v) is 7.80. The first-order valence-electron chi connectivity index (χ1n) is 7.42. The molecule has 1 aromatic carbocycles. The Labute approximate surface area is 143 Å². The van der Waals surface area contributed by atoms with Gasteiger partial charge in [-0.15, -0.1) is 0 Å². The quantitative estimate of drug-likeness (QED) is 0.755. The van der Waals surface area contributed by atoms with Crippen LogP contribution in [0.2, 0.25) is 5.02 Å². The van der Waals surface area contributed by atoms with Crippen molar-refractivity contribution in [2.24, 2.45) is 0 Å². The lowest BCUT2D eigenvalue weighted by Gasteiger charge is -2.16. The van der Waals surface area contributed by atoms with Gasteiger partial charge in [-0.25, -0.2) is 14.4 Å². The normalized spacial score (nSPS) is 11.4. The maximum atomic E-state index is 14.6. The molecule has 2 aromatic heterocycles. The summed E-state index contributed by atoms with van der Waals surface area (Å²) in [6.45, 7) is 3.80. The lowest BCUT2D eigenvalue weighted by molar-refractivity contribution is 0.280. The SMILES string of the molecule is CC(C)c1c(CO)cnc2c(F)cc(-c3nc(N)ncc3Cl)cc12. The fraction of sp³-hybridized carbons (Fsp3) is 0.235. The third-order valence-electron chi connectivity index (χ3n) is 3.83. The highest BCUT2D eigenvalue weighted by atomic mass is 35.5. The van der Waals surface area contributed by atoms with Crippen LogP contribution in [0.4, 0.5) is 10.3 Å². The Balaban J connectivity index is 2.36. The summed E-state index contributed by atoms with van der Waals surface area (Å²) in [5, 5.41) is 10.5. The first kappa shape index (κ1) is 16.5. The van der Waals surface area contributed by atoms with Crippen molar-refractivity contribution in [1.82, 2.24) is 15.0 Å². The number of benzene rings is 1. The minimum atomic E-state index is -0.484. The van der Waals surface area contributed by atoms with Gasteiger partial charge in [0.2, 0.25) is 5.95 Å². The summed E-state index contributed by atoms with van der Waals surface area (Å²) in [4.78, 5) is 12.1. The van der Waals surface area contributed by atoms with Crippen LogP contribution >= 0.6 is 11.6 Å². The topological polar surface area (TPSA) is 84.9 Å². The summed E-state index contributed by atoms with van der Waals surface area (Å²) < 4.78 is 14.6. The van der Waals surface area contributed by atoms with Crippen LogP contribution in [0.3, 0.4) is 0 Å². The van der Waals surface area contributed by atoms with Gasteiger partial charge in [-0.1, -0.05) is 25.4 Å². The average Bonchev–Trinajstić information content (AvgIpc) is 2.55. The van der Waals surface area contributed by atoms with Crippen LogP contribution in [-0.4, -0.2) is 20.1 Å². The van der Waals surface area contributed by atoms with E-state index in [-0.39, 0.29) is 29.0 Å². The van der Waals surface area contributed by atoms with Gasteiger partial charge < -0.3 is 10.8 Å². The highest BCUT2D eigenvalue weighted by molar-refractivity contribution is 6.33. The molecular formula is C17H16ClFN4O. The molecule has 0 aliphatic rings. The molecule has 5 nitrogen and oxygen atoms in total. The molecule has 0 radical (unpaired) electrons. The summed E-state index contributed by atoms with van der Waals surface area (Å²) in [5.74, 6) is -0.346. The average molecular weight is 347 g/mol. The second kappa shape index (κ2) is 6.30. The highest BCUT2D eigenvalue weighted by Crippen LogP contribution is 2.34. The monoisotopic (exact) mass is 346 g/mol. The Hall–Kier alpha value is -2.31. The fourth-order valence-electron chi connectivity index (χ4n) is 2.85. The van der Waals surface area contributed by atoms with Crippen molar-refractivity contribution in [2.45, 2.75) is 26.4 Å². The Morgan fingerprint density at radius 1 is 1.25 bits per heavy atom. The van der Waals surface area contributed by atoms with Gasteiger partial charge in [-0.05, 0) is 29.2 Å². The van der Waals surface area contributed by atoms with Crippen LogP contribution < -0.4 is 5.73 Å². The summed E-state index contributed by atoms with van der Waals surface area (Å²) in [6, 6.07) is 3.10. The van der Waals surface area contributed by atoms with E-state index in [1.165, 1.54) is 18.5 Å². The molecule has 0 bridgehead atoms. The molecule has 0 saturated carbocycles. The van der Waals surface area contributed by atoms with E-state index in [9.17, 15) is 9.50 Å². The second-order valence-electron chi connectivity index (χ2n) is 5.79. The number of aromatic nitrogens is 3. The van der Waals surface area contributed by atoms with Crippen LogP contribution in [0.25, 0.3) is 22.2 Å². The Bertz CT molecular complexity index is 930. The van der Waals surface area contributed by atoms with Gasteiger partial charge in [0, 0.05) is 17.1 Å². The van der Waals surface area contributed by atoms with E-state index in [0.717, 1.165) is 5.56 Å². The molecule has 3 N–H and O–H groups in total. The second-order valence-corrected chi connectivity index (χ2v) is 6.20. The molecule has 2 heterocycles. The molecule has 0 aliphatic heterocycles. The van der Waals surface area contributed by atoms with E-state index in [2.05, 4.69) is 15.0 Å². The molecule has 0 aliphatic carbocycles. The molecule has 0 atom stereocenters. The highest BCUT2D eigenvalue weighted by Gasteiger charge is 2.17. The Morgan fingerprint density at radius 2 is 2.00 bits per heavy atom. The predicted molar refractivity (Wildman–Crippen MR) is 92.2 cm³/mol. The molecule has 24 heavy (non-hydrogen) atoms. The number of fused-ring (bicyclic) bond motifs is 1. The number of hydrogen-bond acceptors (Lipinski definition) is 5. The molecular weight excluding hydrogens is 331 g/mol. The number of hydrogen-bond donors (Lipinski definition) is 2. The van der Waals surface area contributed by atoms with Crippen molar-refractivity contribution < 1.29 is 9.50 Å². The summed E-state index contributed by atoms with van der Waals surface area (Å²) >= 11 is 6.14. The molecule has 124 valence electrons. The third-order valence-corrected chi connectivity index (χ3v) is 4.11. The number of nitrogens with zero attached hydrogens (tertiary/aromatic N) is 3. The zero-order valence-corrected chi connectivity index (χ0v) is 14.0. The van der Waals surface area contributed by atoms with E-state index in [1.807, 2.05) is 13.8 Å². The molecule has 3 rings (SSSR count). The molecule has 0 amide bonds. The summed E-state index contributed by atoms with van der Waals surface area (Å²) in [5.41, 5.74) is 8.22. The minimum Gasteiger partial charge on any atom is -0.392 e. The molecule has 3 aromatic rings. The zero-order chi connectivity index (χ0) is 17.4. The molecule has 0 spiro atoms. The molecule has 0 saturated heterocycles. The Kier molecular flexibility index (Phi) is 4.34. The van der Waals surface area contributed by atoms with Crippen molar-refractivity contribution in [3.63, 3.8) is 0 Å². The van der Waals surface area contributed by atoms with E-state index in [0.29, 0.717) is 22.2 Å². The van der Waals surface area contributed by atoms with Gasteiger partial charge in [0.25, 0.3) is 0 Å². The number of anilines is 1. The Morgan fingerprint density at radius 3 is 2.67 bits per heavy atom. The molecule has 0 unspecified atom stereocenters. The summed E-state index contributed by atoms with van der Waals surface area (Å²) in [6.07, 6.45) is 2.89. The fourth-order valence-corrected chi connectivity index (χ4v) is 3.05. The van der Waals surface area contributed by atoms with Crippen molar-refractivity contribution in [1.29, 1.82) is 0 Å². The number of aliphatic hydroxyl groups is 1. The van der Waals surface area contributed by atoms with Crippen LogP contribution in [-0.2, 0) is 6.61 Å². The van der Waals surface area contributed by atoms with Crippen molar-refractivity contribution in [2.75, 3.05) is 5.73 Å². The van der Waals surface area contributed by atoms with Gasteiger partial charge in [0.05, 0.1) is 23.5 Å². The van der Waals surface area contributed by atoms with E-state index in [4.69, 9.17) is 17.3 Å². The molecule has 0 fully saturated rings. The van der Waals surface area contributed by atoms with Crippen LogP contribution in [0.15, 0.2) is 24.5 Å². The lowest BCUT2D eigenvalue weighted by atomic mass is 9.93. The number of aliphatic hydroxyl groups excluding tert-OH is 1. The number of halogens is 2. The largest absolute Gasteiger partial charge is 0.392 e. The van der Waals surface area contributed by atoms with E-state index < -0.39 is 5.82 Å². The first-order chi connectivity index (χ1) is 11.4. The van der Waals surface area contributed by atoms with Crippen LogP contribution in [0.1, 0.15) is 30.9 Å². The van der Waals surface area contributed by atoms with Gasteiger partial charge in [-0.2, -0.15) is 0 Å². The van der Waals surface area contributed by atoms with Crippen LogP contribution in [0, 0.1) is 5.82 Å². The van der Waals surface area contributed by atoms with Gasteiger partial charge in [0.1, 0.15) is 11.3 Å². The lowest BCUT2D eigenvalue weighted by Crippen LogP contribution is -2.02. The number of rotatable bonds is 3. The van der Waals surface area contributed by atoms with Gasteiger partial charge in [-0.3, -0.25) is 4.98 Å². The predicted octanol–water partition coefficient (Wildman–Crippen LogP) is 3.68. The number of nitrogen functional groups attached to an aromatic ring is 1. The zero-order valence-electron chi connectivity index (χ0n) is 13.2. The number of pyridine rings is 1. The van der Waals surface area contributed by atoms with Crippen molar-refractivity contribution >= 4 is 28.5 Å². The maximum Gasteiger partial charge on any atom is 0.220 e. The standard InChI is InChI=1S/C17H16ClFN4O/c1-8(2)14-10(7-24)5-21-16-11(14)3-9(4-13(16)19)15-12(18)6-22-17(20)23-15/h3-6,8,24H,7H2,1-2H3,(H2,20,22,23). The third kappa shape index (κ3) is 2.79. The summed E-state index contributed by atoms with van der Waals surface area (Å²) in [7, 11) is 0. The maximum absolute atomic E-state index is 14.6. The number of nitrogens with two attached hydrogens (primary N) is 1. The smallest absolute Gasteiger partial charge is 0.220 e. The van der Waals surface area contributed by atoms with E-state index in [1.54, 1.807) is 6.07 Å². The van der Waals surface area contributed by atoms with Gasteiger partial charge in [0.15, 0.2) is 0 Å². The van der Waals surface area contributed by atoms with Crippen molar-refractivity contribution in [3.05, 3.63) is 46.5 Å².